The van der Waals surface area contributed by atoms with Crippen LogP contribution in [0.2, 0.25) is 0 Å². The molecule has 1 aliphatic rings. The van der Waals surface area contributed by atoms with E-state index in [4.69, 9.17) is 18.0 Å². The van der Waals surface area contributed by atoms with Crippen LogP contribution in [0.25, 0.3) is 0 Å². The summed E-state index contributed by atoms with van der Waals surface area (Å²) in [6, 6.07) is 8.00. The van der Waals surface area contributed by atoms with Gasteiger partial charge in [0.2, 0.25) is 5.91 Å². The van der Waals surface area contributed by atoms with Gasteiger partial charge in [-0.1, -0.05) is 36.5 Å². The minimum atomic E-state index is 0.155. The summed E-state index contributed by atoms with van der Waals surface area (Å²) in [7, 11) is 1.70. The monoisotopic (exact) mass is 291 g/mol. The van der Waals surface area contributed by atoms with Gasteiger partial charge in [0.1, 0.15) is 4.99 Å². The average Bonchev–Trinajstić information content (AvgIpc) is 2.47. The zero-order valence-corrected chi connectivity index (χ0v) is 12.6. The summed E-state index contributed by atoms with van der Waals surface area (Å²) in [6.07, 6.45) is 1.82. The van der Waals surface area contributed by atoms with E-state index in [1.165, 1.54) is 5.56 Å². The smallest absolute Gasteiger partial charge is 0.222 e. The van der Waals surface area contributed by atoms with Gasteiger partial charge in [0.05, 0.1) is 0 Å². The lowest BCUT2D eigenvalue weighted by atomic mass is 9.95. The SMILES string of the molecule is CNC(=O)C1CCN(Cc2ccccc2C(N)=S)CC1. The summed E-state index contributed by atoms with van der Waals surface area (Å²) >= 11 is 5.09. The first kappa shape index (κ1) is 14.9. The first-order valence-corrected chi connectivity index (χ1v) is 7.34. The molecule has 0 saturated carbocycles. The lowest BCUT2D eigenvalue weighted by Crippen LogP contribution is -2.39. The maximum absolute atomic E-state index is 11.6. The van der Waals surface area contributed by atoms with Crippen LogP contribution in [0.15, 0.2) is 24.3 Å². The Morgan fingerprint density at radius 3 is 2.65 bits per heavy atom. The van der Waals surface area contributed by atoms with E-state index in [0.717, 1.165) is 38.0 Å². The molecule has 5 heteroatoms. The quantitative estimate of drug-likeness (QED) is 0.821. The highest BCUT2D eigenvalue weighted by molar-refractivity contribution is 7.80. The van der Waals surface area contributed by atoms with Gasteiger partial charge < -0.3 is 11.1 Å². The van der Waals surface area contributed by atoms with Crippen LogP contribution in [0.1, 0.15) is 24.0 Å². The molecule has 3 N–H and O–H groups in total. The molecule has 108 valence electrons. The Hall–Kier alpha value is -1.46. The molecule has 2 rings (SSSR count). The van der Waals surface area contributed by atoms with E-state index in [2.05, 4.69) is 16.3 Å². The molecule has 0 bridgehead atoms. The maximum Gasteiger partial charge on any atom is 0.222 e. The Morgan fingerprint density at radius 1 is 1.40 bits per heavy atom. The van der Waals surface area contributed by atoms with E-state index in [1.807, 2.05) is 18.2 Å². The highest BCUT2D eigenvalue weighted by Gasteiger charge is 2.24. The fraction of sp³-hybridized carbons (Fsp3) is 0.467. The molecule has 1 aliphatic heterocycles. The Labute approximate surface area is 125 Å². The number of hydrogen-bond donors (Lipinski definition) is 2. The fourth-order valence-electron chi connectivity index (χ4n) is 2.70. The Kier molecular flexibility index (Phi) is 5.09. The van der Waals surface area contributed by atoms with Gasteiger partial charge in [0, 0.05) is 25.1 Å². The molecule has 0 atom stereocenters. The van der Waals surface area contributed by atoms with E-state index in [1.54, 1.807) is 7.05 Å². The van der Waals surface area contributed by atoms with Crippen molar-refractivity contribution in [3.63, 3.8) is 0 Å². The van der Waals surface area contributed by atoms with E-state index < -0.39 is 0 Å². The number of thiocarbonyl (C=S) groups is 1. The lowest BCUT2D eigenvalue weighted by Gasteiger charge is -2.31. The van der Waals surface area contributed by atoms with Crippen molar-refractivity contribution < 1.29 is 4.79 Å². The minimum Gasteiger partial charge on any atom is -0.389 e. The molecule has 1 aromatic rings. The Balaban J connectivity index is 1.96. The number of benzene rings is 1. The zero-order valence-electron chi connectivity index (χ0n) is 11.8. The van der Waals surface area contributed by atoms with Gasteiger partial charge in [0.15, 0.2) is 0 Å². The predicted molar refractivity (Wildman–Crippen MR) is 84.4 cm³/mol. The molecule has 0 spiro atoms. The van der Waals surface area contributed by atoms with Crippen LogP contribution in [0, 0.1) is 5.92 Å². The molecule has 4 nitrogen and oxygen atoms in total. The highest BCUT2D eigenvalue weighted by atomic mass is 32.1. The minimum absolute atomic E-state index is 0.155. The number of nitrogens with two attached hydrogens (primary N) is 1. The molecule has 1 fully saturated rings. The topological polar surface area (TPSA) is 58.4 Å². The number of hydrogen-bond acceptors (Lipinski definition) is 3. The fourth-order valence-corrected chi connectivity index (χ4v) is 2.90. The zero-order chi connectivity index (χ0) is 14.5. The molecule has 20 heavy (non-hydrogen) atoms. The molecule has 0 aromatic heterocycles. The summed E-state index contributed by atoms with van der Waals surface area (Å²) in [4.78, 5) is 14.4. The Morgan fingerprint density at radius 2 is 2.05 bits per heavy atom. The van der Waals surface area contributed by atoms with E-state index in [-0.39, 0.29) is 11.8 Å². The van der Waals surface area contributed by atoms with Gasteiger partial charge in [-0.05, 0) is 31.5 Å². The molecule has 1 aromatic carbocycles. The molecule has 1 amide bonds. The largest absolute Gasteiger partial charge is 0.389 e. The van der Waals surface area contributed by atoms with E-state index in [0.29, 0.717) is 4.99 Å². The number of likely N-dealkylation sites (tertiary alicyclic amines) is 1. The van der Waals surface area contributed by atoms with Gasteiger partial charge in [-0.2, -0.15) is 0 Å². The summed E-state index contributed by atoms with van der Waals surface area (Å²) in [5.41, 5.74) is 7.88. The van der Waals surface area contributed by atoms with Crippen molar-refractivity contribution in [3.8, 4) is 0 Å². The third-order valence-corrected chi connectivity index (χ3v) is 4.10. The highest BCUT2D eigenvalue weighted by Crippen LogP contribution is 2.20. The first-order chi connectivity index (χ1) is 9.61. The molecular weight excluding hydrogens is 270 g/mol. The van der Waals surface area contributed by atoms with Crippen molar-refractivity contribution >= 4 is 23.1 Å². The average molecular weight is 291 g/mol. The van der Waals surface area contributed by atoms with Crippen LogP contribution in [-0.2, 0) is 11.3 Å². The van der Waals surface area contributed by atoms with Gasteiger partial charge in [-0.3, -0.25) is 9.69 Å². The van der Waals surface area contributed by atoms with Crippen LogP contribution in [0.3, 0.4) is 0 Å². The first-order valence-electron chi connectivity index (χ1n) is 6.93. The number of rotatable bonds is 4. The van der Waals surface area contributed by atoms with Gasteiger partial charge in [-0.25, -0.2) is 0 Å². The third kappa shape index (κ3) is 3.55. The second kappa shape index (κ2) is 6.81. The van der Waals surface area contributed by atoms with Crippen molar-refractivity contribution in [3.05, 3.63) is 35.4 Å². The van der Waals surface area contributed by atoms with Gasteiger partial charge >= 0.3 is 0 Å². The van der Waals surface area contributed by atoms with Crippen molar-refractivity contribution in [2.45, 2.75) is 19.4 Å². The second-order valence-corrected chi connectivity index (χ2v) is 5.63. The summed E-state index contributed by atoms with van der Waals surface area (Å²) in [6.45, 7) is 2.71. The van der Waals surface area contributed by atoms with E-state index >= 15 is 0 Å². The molecule has 0 unspecified atom stereocenters. The third-order valence-electron chi connectivity index (χ3n) is 3.88. The summed E-state index contributed by atoms with van der Waals surface area (Å²) in [5, 5.41) is 2.73. The number of piperidine rings is 1. The standard InChI is InChI=1S/C15H21N3OS/c1-17-15(19)11-6-8-18(9-7-11)10-12-4-2-3-5-13(12)14(16)20/h2-5,11H,6-10H2,1H3,(H2,16,20)(H,17,19). The number of amides is 1. The maximum atomic E-state index is 11.6. The molecular formula is C15H21N3OS. The van der Waals surface area contributed by atoms with Crippen molar-refractivity contribution in [1.82, 2.24) is 10.2 Å². The van der Waals surface area contributed by atoms with Crippen LogP contribution >= 0.6 is 12.2 Å². The Bertz CT molecular complexity index is 496. The van der Waals surface area contributed by atoms with Crippen LogP contribution < -0.4 is 11.1 Å². The molecule has 0 aliphatic carbocycles. The molecule has 1 heterocycles. The van der Waals surface area contributed by atoms with Crippen LogP contribution in [0.4, 0.5) is 0 Å². The van der Waals surface area contributed by atoms with Crippen LogP contribution in [0.5, 0.6) is 0 Å². The van der Waals surface area contributed by atoms with E-state index in [9.17, 15) is 4.79 Å². The second-order valence-electron chi connectivity index (χ2n) is 5.19. The van der Waals surface area contributed by atoms with Crippen molar-refractivity contribution in [1.29, 1.82) is 0 Å². The van der Waals surface area contributed by atoms with Crippen molar-refractivity contribution in [2.24, 2.45) is 11.7 Å². The summed E-state index contributed by atoms with van der Waals surface area (Å²) < 4.78 is 0. The molecule has 1 saturated heterocycles. The molecule has 0 radical (unpaired) electrons. The van der Waals surface area contributed by atoms with Crippen LogP contribution in [-0.4, -0.2) is 35.9 Å². The number of carbonyl (C=O) groups excluding carboxylic acids is 1. The number of nitrogens with one attached hydrogen (secondary N) is 1. The number of nitrogens with zero attached hydrogens (tertiary/aromatic N) is 1. The van der Waals surface area contributed by atoms with Gasteiger partial charge in [-0.15, -0.1) is 0 Å². The van der Waals surface area contributed by atoms with Crippen molar-refractivity contribution in [2.75, 3.05) is 20.1 Å². The summed E-state index contributed by atoms with van der Waals surface area (Å²) in [5.74, 6) is 0.315. The van der Waals surface area contributed by atoms with Gasteiger partial charge in [0.25, 0.3) is 0 Å². The normalized spacial score (nSPS) is 16.9. The predicted octanol–water partition coefficient (Wildman–Crippen LogP) is 1.28. The number of carbonyl (C=O) groups is 1. The lowest BCUT2D eigenvalue weighted by molar-refractivity contribution is -0.125.